The quantitative estimate of drug-likeness (QED) is 0.591. The van der Waals surface area contributed by atoms with Crippen LogP contribution in [0.3, 0.4) is 0 Å². The van der Waals surface area contributed by atoms with Crippen molar-refractivity contribution in [3.8, 4) is 11.4 Å². The van der Waals surface area contributed by atoms with Gasteiger partial charge in [-0.25, -0.2) is 0 Å². The van der Waals surface area contributed by atoms with Crippen molar-refractivity contribution in [2.45, 2.75) is 32.1 Å². The van der Waals surface area contributed by atoms with Crippen molar-refractivity contribution in [3.63, 3.8) is 0 Å². The Hall–Kier alpha value is -3.29. The molecule has 0 saturated carbocycles. The lowest BCUT2D eigenvalue weighted by Gasteiger charge is -2.33. The second-order valence-corrected chi connectivity index (χ2v) is 7.24. The molecular weight excluding hydrogens is 393 g/mol. The van der Waals surface area contributed by atoms with Crippen molar-refractivity contribution in [2.24, 2.45) is 0 Å². The Bertz CT molecular complexity index is 1030. The highest BCUT2D eigenvalue weighted by Crippen LogP contribution is 2.31. The Morgan fingerprint density at radius 3 is 2.33 bits per heavy atom. The van der Waals surface area contributed by atoms with Crippen LogP contribution in [-0.4, -0.2) is 22.1 Å². The second-order valence-electron chi connectivity index (χ2n) is 7.24. The van der Waals surface area contributed by atoms with Crippen LogP contribution in [0.1, 0.15) is 29.9 Å². The first-order chi connectivity index (χ1) is 14.4. The number of halogens is 3. The summed E-state index contributed by atoms with van der Waals surface area (Å²) in [5.74, 6) is -1.41. The summed E-state index contributed by atoms with van der Waals surface area (Å²) in [6.45, 7) is 1.50. The van der Waals surface area contributed by atoms with Gasteiger partial charge in [-0.2, -0.15) is 18.2 Å². The van der Waals surface area contributed by atoms with Gasteiger partial charge in [0.15, 0.2) is 0 Å². The molecule has 4 rings (SSSR count). The molecule has 1 heterocycles. The molecule has 5 nitrogen and oxygen atoms in total. The molecule has 1 aromatic heterocycles. The molecule has 0 radical (unpaired) electrons. The maximum atomic E-state index is 12.6. The number of benzene rings is 2. The number of hydrogen-bond donors (Lipinski definition) is 1. The first-order valence-corrected chi connectivity index (χ1v) is 9.61. The monoisotopic (exact) mass is 414 g/mol. The van der Waals surface area contributed by atoms with E-state index in [9.17, 15) is 13.2 Å². The molecule has 30 heavy (non-hydrogen) atoms. The van der Waals surface area contributed by atoms with E-state index in [1.165, 1.54) is 17.0 Å². The summed E-state index contributed by atoms with van der Waals surface area (Å²) in [6, 6.07) is 17.4. The second kappa shape index (κ2) is 8.22. The molecule has 1 aliphatic rings. The highest BCUT2D eigenvalue weighted by molar-refractivity contribution is 5.54. The zero-order chi connectivity index (χ0) is 21.1. The average Bonchev–Trinajstić information content (AvgIpc) is 3.19. The molecule has 0 amide bonds. The first kappa shape index (κ1) is 20.0. The van der Waals surface area contributed by atoms with Crippen molar-refractivity contribution in [3.05, 3.63) is 83.0 Å². The van der Waals surface area contributed by atoms with Gasteiger partial charge in [0.2, 0.25) is 5.82 Å². The predicted molar refractivity (Wildman–Crippen MR) is 106 cm³/mol. The van der Waals surface area contributed by atoms with E-state index in [1.54, 1.807) is 12.1 Å². The smallest absolute Gasteiger partial charge is 0.383 e. The number of nitrogens with one attached hydrogen (secondary N) is 1. The first-order valence-electron chi connectivity index (χ1n) is 9.61. The minimum atomic E-state index is -4.64. The Morgan fingerprint density at radius 2 is 1.73 bits per heavy atom. The average molecular weight is 414 g/mol. The third-order valence-electron chi connectivity index (χ3n) is 5.07. The van der Waals surface area contributed by atoms with E-state index in [0.717, 1.165) is 24.9 Å². The van der Waals surface area contributed by atoms with E-state index >= 15 is 0 Å². The summed E-state index contributed by atoms with van der Waals surface area (Å²) < 4.78 is 42.1. The molecule has 0 bridgehead atoms. The van der Waals surface area contributed by atoms with Gasteiger partial charge in [-0.3, -0.25) is 0 Å². The fraction of sp³-hybridized carbons (Fsp3) is 0.273. The molecule has 0 spiro atoms. The Morgan fingerprint density at radius 1 is 1.00 bits per heavy atom. The lowest BCUT2D eigenvalue weighted by molar-refractivity contribution is -0.159. The Labute approximate surface area is 172 Å². The summed E-state index contributed by atoms with van der Waals surface area (Å²) in [5, 5.41) is 6.93. The highest BCUT2D eigenvalue weighted by atomic mass is 19.4. The van der Waals surface area contributed by atoms with Crippen molar-refractivity contribution in [1.29, 1.82) is 0 Å². The molecule has 0 saturated heterocycles. The summed E-state index contributed by atoms with van der Waals surface area (Å²) >= 11 is 0. The zero-order valence-electron chi connectivity index (χ0n) is 16.4. The van der Waals surface area contributed by atoms with E-state index < -0.39 is 12.1 Å². The zero-order valence-corrected chi connectivity index (χ0v) is 16.4. The number of rotatable bonds is 7. The Balaban J connectivity index is 1.37. The normalized spacial score (nSPS) is 13.9. The van der Waals surface area contributed by atoms with Gasteiger partial charge in [-0.15, -0.1) is 0 Å². The third kappa shape index (κ3) is 4.48. The maximum absolute atomic E-state index is 12.6. The van der Waals surface area contributed by atoms with E-state index in [1.807, 2.05) is 37.4 Å². The number of hydrogen-bond acceptors (Lipinski definition) is 5. The van der Waals surface area contributed by atoms with Gasteiger partial charge in [0.1, 0.15) is 0 Å². The maximum Gasteiger partial charge on any atom is 0.471 e. The molecule has 0 atom stereocenters. The van der Waals surface area contributed by atoms with Crippen LogP contribution in [0.25, 0.3) is 11.4 Å². The van der Waals surface area contributed by atoms with Gasteiger partial charge in [-0.05, 0) is 24.0 Å². The van der Waals surface area contributed by atoms with Crippen LogP contribution in [0.2, 0.25) is 0 Å². The van der Waals surface area contributed by atoms with Gasteiger partial charge < -0.3 is 14.7 Å². The molecular formula is C22H21F3N4O. The topological polar surface area (TPSA) is 54.2 Å². The predicted octanol–water partition coefficient (Wildman–Crippen LogP) is 4.98. The SMILES string of the molecule is CN(Cc1ccc(-c2noc(C(F)(F)F)n2)cc1)C1=C(NCc2ccccc2)CC1. The Kier molecular flexibility index (Phi) is 5.48. The summed E-state index contributed by atoms with van der Waals surface area (Å²) in [5.41, 5.74) is 5.30. The number of nitrogens with zero attached hydrogens (tertiary/aromatic N) is 3. The van der Waals surface area contributed by atoms with Gasteiger partial charge >= 0.3 is 12.1 Å². The van der Waals surface area contributed by atoms with Crippen LogP contribution in [-0.2, 0) is 19.3 Å². The van der Waals surface area contributed by atoms with Gasteiger partial charge in [0.05, 0.1) is 0 Å². The van der Waals surface area contributed by atoms with Crippen molar-refractivity contribution < 1.29 is 17.7 Å². The minimum absolute atomic E-state index is 0.0728. The van der Waals surface area contributed by atoms with Crippen LogP contribution in [0, 0.1) is 0 Å². The largest absolute Gasteiger partial charge is 0.471 e. The molecule has 3 aromatic rings. The van der Waals surface area contributed by atoms with Crippen LogP contribution < -0.4 is 5.32 Å². The molecule has 0 unspecified atom stereocenters. The molecule has 156 valence electrons. The van der Waals surface area contributed by atoms with E-state index in [4.69, 9.17) is 0 Å². The van der Waals surface area contributed by atoms with E-state index in [0.29, 0.717) is 12.1 Å². The van der Waals surface area contributed by atoms with Gasteiger partial charge in [0, 0.05) is 37.1 Å². The molecule has 1 N–H and O–H groups in total. The minimum Gasteiger partial charge on any atom is -0.383 e. The molecule has 0 fully saturated rings. The molecule has 0 aliphatic heterocycles. The lowest BCUT2D eigenvalue weighted by Crippen LogP contribution is -2.30. The summed E-state index contributed by atoms with van der Waals surface area (Å²) in [7, 11) is 2.04. The summed E-state index contributed by atoms with van der Waals surface area (Å²) in [6.07, 6.45) is -2.59. The van der Waals surface area contributed by atoms with Crippen LogP contribution in [0.4, 0.5) is 13.2 Å². The van der Waals surface area contributed by atoms with Crippen LogP contribution in [0.15, 0.2) is 70.5 Å². The summed E-state index contributed by atoms with van der Waals surface area (Å²) in [4.78, 5) is 5.62. The van der Waals surface area contributed by atoms with Crippen LogP contribution in [0.5, 0.6) is 0 Å². The fourth-order valence-corrected chi connectivity index (χ4v) is 3.36. The molecule has 8 heteroatoms. The van der Waals surface area contributed by atoms with Gasteiger partial charge in [-0.1, -0.05) is 59.8 Å². The fourth-order valence-electron chi connectivity index (χ4n) is 3.36. The van der Waals surface area contributed by atoms with Crippen molar-refractivity contribution in [2.75, 3.05) is 7.05 Å². The number of aromatic nitrogens is 2. The third-order valence-corrected chi connectivity index (χ3v) is 5.07. The molecule has 1 aliphatic carbocycles. The molecule has 2 aromatic carbocycles. The van der Waals surface area contributed by atoms with Crippen molar-refractivity contribution >= 4 is 0 Å². The van der Waals surface area contributed by atoms with E-state index in [2.05, 4.69) is 37.0 Å². The van der Waals surface area contributed by atoms with E-state index in [-0.39, 0.29) is 5.82 Å². The number of alkyl halides is 3. The number of allylic oxidation sites excluding steroid dienone is 2. The highest BCUT2D eigenvalue weighted by Gasteiger charge is 2.38. The van der Waals surface area contributed by atoms with Crippen LogP contribution >= 0.6 is 0 Å². The lowest BCUT2D eigenvalue weighted by atomic mass is 9.98. The van der Waals surface area contributed by atoms with Gasteiger partial charge in [0.25, 0.3) is 0 Å². The van der Waals surface area contributed by atoms with Crippen molar-refractivity contribution in [1.82, 2.24) is 20.4 Å². The standard InChI is InChI=1S/C22H21F3N4O/c1-29(19-12-11-18(19)26-13-15-5-3-2-4-6-15)14-16-7-9-17(10-8-16)20-27-21(30-28-20)22(23,24)25/h2-10,26H,11-14H2,1H3.